The first-order valence-electron chi connectivity index (χ1n) is 10.2. The van der Waals surface area contributed by atoms with E-state index in [4.69, 9.17) is 9.47 Å². The van der Waals surface area contributed by atoms with Crippen LogP contribution in [0.15, 0.2) is 48.5 Å². The fraction of sp³-hybridized carbons (Fsp3) is 0.435. The normalized spacial score (nSPS) is 18.5. The van der Waals surface area contributed by atoms with Crippen molar-refractivity contribution in [1.29, 1.82) is 0 Å². The average molecular weight is 380 g/mol. The number of nitrogens with zero attached hydrogens (tertiary/aromatic N) is 1. The number of nitrogens with one attached hydrogen (secondary N) is 1. The van der Waals surface area contributed by atoms with Gasteiger partial charge in [-0.1, -0.05) is 30.3 Å². The molecule has 0 spiro atoms. The molecule has 148 valence electrons. The first-order valence-corrected chi connectivity index (χ1v) is 10.2. The summed E-state index contributed by atoms with van der Waals surface area (Å²) < 4.78 is 11.1. The predicted octanol–water partition coefficient (Wildman–Crippen LogP) is 3.74. The molecule has 5 heteroatoms. The topological polar surface area (TPSA) is 50.8 Å². The lowest BCUT2D eigenvalue weighted by atomic mass is 9.89. The van der Waals surface area contributed by atoms with Gasteiger partial charge in [0.15, 0.2) is 11.5 Å². The lowest BCUT2D eigenvalue weighted by Gasteiger charge is -2.35. The van der Waals surface area contributed by atoms with Gasteiger partial charge in [-0.15, -0.1) is 0 Å². The molecule has 5 nitrogen and oxygen atoms in total. The molecule has 1 unspecified atom stereocenters. The minimum absolute atomic E-state index is 0.0261. The third kappa shape index (κ3) is 4.47. The summed E-state index contributed by atoms with van der Waals surface area (Å²) in [5.41, 5.74) is 2.16. The number of benzene rings is 2. The highest BCUT2D eigenvalue weighted by molar-refractivity contribution is 5.94. The van der Waals surface area contributed by atoms with Crippen LogP contribution in [-0.2, 0) is 11.2 Å². The zero-order valence-electron chi connectivity index (χ0n) is 16.4. The number of amides is 1. The van der Waals surface area contributed by atoms with Crippen molar-refractivity contribution in [2.75, 3.05) is 31.6 Å². The molecular formula is C23H28N2O3. The molecular weight excluding hydrogens is 352 g/mol. The summed E-state index contributed by atoms with van der Waals surface area (Å²) in [5.74, 6) is 2.15. The molecule has 2 aliphatic heterocycles. The van der Waals surface area contributed by atoms with E-state index in [1.165, 1.54) is 5.56 Å². The average Bonchev–Trinajstić information content (AvgIpc) is 2.74. The summed E-state index contributed by atoms with van der Waals surface area (Å²) in [7, 11) is 0. The lowest BCUT2D eigenvalue weighted by Crippen LogP contribution is -2.46. The van der Waals surface area contributed by atoms with Gasteiger partial charge in [0.2, 0.25) is 5.91 Å². The Hall–Kier alpha value is -2.53. The second-order valence-corrected chi connectivity index (χ2v) is 7.69. The molecule has 0 bridgehead atoms. The molecule has 2 aromatic carbocycles. The van der Waals surface area contributed by atoms with Crippen LogP contribution in [0.2, 0.25) is 0 Å². The van der Waals surface area contributed by atoms with Gasteiger partial charge in [-0.2, -0.15) is 0 Å². The van der Waals surface area contributed by atoms with Crippen LogP contribution in [-0.4, -0.2) is 43.2 Å². The molecule has 2 aliphatic rings. The van der Waals surface area contributed by atoms with Gasteiger partial charge in [-0.3, -0.25) is 9.69 Å². The summed E-state index contributed by atoms with van der Waals surface area (Å²) in [6.07, 6.45) is 3.40. The molecule has 2 heterocycles. The number of rotatable bonds is 5. The third-order valence-corrected chi connectivity index (χ3v) is 5.75. The molecule has 1 amide bonds. The molecule has 28 heavy (non-hydrogen) atoms. The van der Waals surface area contributed by atoms with E-state index in [-0.39, 0.29) is 11.9 Å². The number of hydrogen-bond donors (Lipinski definition) is 1. The number of anilines is 1. The highest BCUT2D eigenvalue weighted by atomic mass is 16.6. The molecule has 0 aliphatic carbocycles. The van der Waals surface area contributed by atoms with Crippen LogP contribution in [0.4, 0.5) is 5.69 Å². The van der Waals surface area contributed by atoms with Crippen LogP contribution < -0.4 is 14.8 Å². The highest BCUT2D eigenvalue weighted by Gasteiger charge is 2.27. The summed E-state index contributed by atoms with van der Waals surface area (Å²) >= 11 is 0. The summed E-state index contributed by atoms with van der Waals surface area (Å²) in [4.78, 5) is 15.0. The van der Waals surface area contributed by atoms with Gasteiger partial charge in [0.05, 0.1) is 6.04 Å². The molecule has 1 atom stereocenters. The van der Waals surface area contributed by atoms with Crippen molar-refractivity contribution < 1.29 is 14.3 Å². The Balaban J connectivity index is 1.29. The van der Waals surface area contributed by atoms with Gasteiger partial charge >= 0.3 is 0 Å². The van der Waals surface area contributed by atoms with Gasteiger partial charge in [0, 0.05) is 11.8 Å². The fourth-order valence-corrected chi connectivity index (χ4v) is 4.03. The summed E-state index contributed by atoms with van der Waals surface area (Å²) in [6, 6.07) is 16.1. The maximum Gasteiger partial charge on any atom is 0.241 e. The highest BCUT2D eigenvalue weighted by Crippen LogP contribution is 2.32. The smallest absolute Gasteiger partial charge is 0.241 e. The van der Waals surface area contributed by atoms with Gasteiger partial charge in [0.25, 0.3) is 0 Å². The molecule has 0 aromatic heterocycles. The zero-order chi connectivity index (χ0) is 19.3. The first kappa shape index (κ1) is 18.8. The van der Waals surface area contributed by atoms with Crippen LogP contribution in [0.3, 0.4) is 0 Å². The van der Waals surface area contributed by atoms with E-state index in [2.05, 4.69) is 40.5 Å². The predicted molar refractivity (Wildman–Crippen MR) is 110 cm³/mol. The lowest BCUT2D eigenvalue weighted by molar-refractivity contribution is -0.121. The molecule has 0 radical (unpaired) electrons. The Labute approximate surface area is 166 Å². The number of piperidine rings is 1. The largest absolute Gasteiger partial charge is 0.486 e. The molecule has 2 aromatic rings. The number of likely N-dealkylation sites (tertiary alicyclic amines) is 1. The molecule has 4 rings (SSSR count). The van der Waals surface area contributed by atoms with Crippen molar-refractivity contribution >= 4 is 11.6 Å². The summed E-state index contributed by atoms with van der Waals surface area (Å²) in [5, 5.41) is 3.02. The molecule has 0 saturated carbocycles. The van der Waals surface area contributed by atoms with Crippen LogP contribution in [0.5, 0.6) is 11.5 Å². The number of fused-ring (bicyclic) bond motifs is 1. The van der Waals surface area contributed by atoms with Crippen molar-refractivity contribution in [3.8, 4) is 11.5 Å². The van der Waals surface area contributed by atoms with Crippen molar-refractivity contribution in [1.82, 2.24) is 4.90 Å². The Morgan fingerprint density at radius 3 is 2.54 bits per heavy atom. The fourth-order valence-electron chi connectivity index (χ4n) is 4.03. The molecule has 1 fully saturated rings. The van der Waals surface area contributed by atoms with Gasteiger partial charge < -0.3 is 14.8 Å². The van der Waals surface area contributed by atoms with E-state index >= 15 is 0 Å². The Morgan fingerprint density at radius 2 is 1.79 bits per heavy atom. The Bertz CT molecular complexity index is 801. The van der Waals surface area contributed by atoms with Crippen molar-refractivity contribution in [3.05, 3.63) is 54.1 Å². The van der Waals surface area contributed by atoms with E-state index in [1.54, 1.807) is 0 Å². The van der Waals surface area contributed by atoms with Crippen LogP contribution in [0.1, 0.15) is 25.3 Å². The number of carbonyl (C=O) groups excluding carboxylic acids is 1. The Morgan fingerprint density at radius 1 is 1.07 bits per heavy atom. The molecule has 1 N–H and O–H groups in total. The van der Waals surface area contributed by atoms with E-state index in [0.29, 0.717) is 24.9 Å². The van der Waals surface area contributed by atoms with Crippen molar-refractivity contribution in [2.45, 2.75) is 32.2 Å². The maximum absolute atomic E-state index is 12.7. The number of hydrogen-bond acceptors (Lipinski definition) is 4. The zero-order valence-corrected chi connectivity index (χ0v) is 16.4. The van der Waals surface area contributed by atoms with E-state index in [9.17, 15) is 4.79 Å². The van der Waals surface area contributed by atoms with Gasteiger partial charge in [0.1, 0.15) is 13.2 Å². The quantitative estimate of drug-likeness (QED) is 0.859. The summed E-state index contributed by atoms with van der Waals surface area (Å²) in [6.45, 7) is 5.03. The van der Waals surface area contributed by atoms with Crippen LogP contribution >= 0.6 is 0 Å². The van der Waals surface area contributed by atoms with E-state index in [0.717, 1.165) is 43.8 Å². The monoisotopic (exact) mass is 380 g/mol. The van der Waals surface area contributed by atoms with Crippen LogP contribution in [0, 0.1) is 5.92 Å². The second kappa shape index (κ2) is 8.65. The van der Waals surface area contributed by atoms with E-state index < -0.39 is 0 Å². The standard InChI is InChI=1S/C23H28N2O3/c1-17(23(26)24-20-7-8-21-22(16-20)28-14-13-27-21)25-11-9-19(10-12-25)15-18-5-3-2-4-6-18/h2-8,16-17,19H,9-15H2,1H3,(H,24,26). The van der Waals surface area contributed by atoms with Crippen LogP contribution in [0.25, 0.3) is 0 Å². The second-order valence-electron chi connectivity index (χ2n) is 7.69. The van der Waals surface area contributed by atoms with Crippen molar-refractivity contribution in [2.24, 2.45) is 5.92 Å². The SMILES string of the molecule is CC(C(=O)Nc1ccc2c(c1)OCCO2)N1CCC(Cc2ccccc2)CC1. The van der Waals surface area contributed by atoms with E-state index in [1.807, 2.05) is 25.1 Å². The maximum atomic E-state index is 12.7. The van der Waals surface area contributed by atoms with Gasteiger partial charge in [-0.05, 0) is 62.9 Å². The van der Waals surface area contributed by atoms with Crippen molar-refractivity contribution in [3.63, 3.8) is 0 Å². The minimum Gasteiger partial charge on any atom is -0.486 e. The number of carbonyl (C=O) groups is 1. The number of ether oxygens (including phenoxy) is 2. The van der Waals surface area contributed by atoms with Gasteiger partial charge in [-0.25, -0.2) is 0 Å². The third-order valence-electron chi connectivity index (χ3n) is 5.75. The minimum atomic E-state index is -0.147. The Kier molecular flexibility index (Phi) is 5.81. The molecule has 1 saturated heterocycles. The first-order chi connectivity index (χ1) is 13.7.